The summed E-state index contributed by atoms with van der Waals surface area (Å²) in [7, 11) is 2.02. The number of aromatic nitrogens is 4. The van der Waals surface area contributed by atoms with Gasteiger partial charge in [-0.1, -0.05) is 73.6 Å². The number of rotatable bonds is 6. The molecule has 0 aliphatic heterocycles. The second kappa shape index (κ2) is 8.51. The first-order valence-corrected chi connectivity index (χ1v) is 11.5. The van der Waals surface area contributed by atoms with Gasteiger partial charge in [0, 0.05) is 29.3 Å². The quantitative estimate of drug-likeness (QED) is 0.342. The molecule has 0 fully saturated rings. The van der Waals surface area contributed by atoms with E-state index in [-0.39, 0.29) is 0 Å². The molecular formula is C23H24N4S2. The molecule has 148 valence electrons. The predicted octanol–water partition coefficient (Wildman–Crippen LogP) is 6.33. The molecule has 0 saturated carbocycles. The van der Waals surface area contributed by atoms with Crippen molar-refractivity contribution in [3.63, 3.8) is 0 Å². The number of thioether (sulfide) groups is 1. The third kappa shape index (κ3) is 4.43. The number of aryl methyl sites for hydroxylation is 1. The van der Waals surface area contributed by atoms with E-state index in [0.717, 1.165) is 33.0 Å². The Hall–Kier alpha value is -2.44. The first-order chi connectivity index (χ1) is 14.0. The molecule has 6 heteroatoms. The molecule has 0 saturated heterocycles. The normalized spacial score (nSPS) is 11.3. The third-order valence-electron chi connectivity index (χ3n) is 4.84. The average molecular weight is 421 g/mol. The van der Waals surface area contributed by atoms with Gasteiger partial charge in [-0.3, -0.25) is 0 Å². The Bertz CT molecular complexity index is 1110. The molecule has 0 amide bonds. The lowest BCUT2D eigenvalue weighted by molar-refractivity contribution is 0.793. The van der Waals surface area contributed by atoms with Crippen molar-refractivity contribution < 1.29 is 0 Å². The Balaban J connectivity index is 1.46. The van der Waals surface area contributed by atoms with Crippen LogP contribution in [-0.4, -0.2) is 19.7 Å². The fourth-order valence-electron chi connectivity index (χ4n) is 3.13. The first-order valence-electron chi connectivity index (χ1n) is 9.65. The van der Waals surface area contributed by atoms with E-state index in [1.807, 2.05) is 7.05 Å². The van der Waals surface area contributed by atoms with Crippen LogP contribution in [0.4, 0.5) is 0 Å². The molecule has 4 nitrogen and oxygen atoms in total. The minimum Gasteiger partial charge on any atom is -0.305 e. The van der Waals surface area contributed by atoms with Crippen molar-refractivity contribution in [1.29, 1.82) is 0 Å². The van der Waals surface area contributed by atoms with Crippen LogP contribution in [0.15, 0.2) is 59.1 Å². The van der Waals surface area contributed by atoms with Gasteiger partial charge in [-0.15, -0.1) is 21.5 Å². The third-order valence-corrected chi connectivity index (χ3v) is 6.83. The van der Waals surface area contributed by atoms with Crippen molar-refractivity contribution in [2.24, 2.45) is 7.05 Å². The second-order valence-corrected chi connectivity index (χ2v) is 9.24. The largest absolute Gasteiger partial charge is 0.305 e. The highest BCUT2D eigenvalue weighted by Crippen LogP contribution is 2.29. The molecular weight excluding hydrogens is 396 g/mol. The molecule has 0 bridgehead atoms. The Morgan fingerprint density at radius 3 is 2.55 bits per heavy atom. The maximum Gasteiger partial charge on any atom is 0.191 e. The van der Waals surface area contributed by atoms with Crippen LogP contribution in [-0.2, 0) is 12.8 Å². The van der Waals surface area contributed by atoms with E-state index in [4.69, 9.17) is 4.98 Å². The van der Waals surface area contributed by atoms with Gasteiger partial charge < -0.3 is 4.57 Å². The van der Waals surface area contributed by atoms with Crippen molar-refractivity contribution in [1.82, 2.24) is 19.7 Å². The highest BCUT2D eigenvalue weighted by atomic mass is 32.2. The lowest BCUT2D eigenvalue weighted by atomic mass is 10.0. The van der Waals surface area contributed by atoms with Crippen molar-refractivity contribution in [2.75, 3.05) is 0 Å². The summed E-state index contributed by atoms with van der Waals surface area (Å²) in [6, 6.07) is 17.1. The number of hydrogen-bond acceptors (Lipinski definition) is 5. The summed E-state index contributed by atoms with van der Waals surface area (Å²) in [5.41, 5.74) is 5.92. The number of benzene rings is 2. The van der Waals surface area contributed by atoms with Crippen LogP contribution in [0.1, 0.15) is 36.6 Å². The van der Waals surface area contributed by atoms with Gasteiger partial charge in [-0.2, -0.15) is 0 Å². The van der Waals surface area contributed by atoms with Crippen LogP contribution >= 0.6 is 23.1 Å². The topological polar surface area (TPSA) is 43.6 Å². The van der Waals surface area contributed by atoms with Crippen molar-refractivity contribution in [2.45, 2.75) is 37.6 Å². The van der Waals surface area contributed by atoms with Crippen LogP contribution in [0.5, 0.6) is 0 Å². The lowest BCUT2D eigenvalue weighted by Crippen LogP contribution is -1.96. The summed E-state index contributed by atoms with van der Waals surface area (Å²) >= 11 is 3.36. The van der Waals surface area contributed by atoms with Crippen LogP contribution < -0.4 is 0 Å². The zero-order valence-corrected chi connectivity index (χ0v) is 18.7. The minimum atomic E-state index is 0.525. The summed E-state index contributed by atoms with van der Waals surface area (Å²) in [5.74, 6) is 2.19. The monoisotopic (exact) mass is 420 g/mol. The number of thiazole rings is 1. The zero-order valence-electron chi connectivity index (χ0n) is 17.1. The molecule has 0 N–H and O–H groups in total. The van der Waals surface area contributed by atoms with Crippen molar-refractivity contribution >= 4 is 23.1 Å². The molecule has 0 aliphatic carbocycles. The fourth-order valence-corrected chi connectivity index (χ4v) is 4.86. The fraction of sp³-hybridized carbons (Fsp3) is 0.261. The molecule has 4 rings (SSSR count). The molecule has 0 atom stereocenters. The van der Waals surface area contributed by atoms with Crippen LogP contribution in [0.3, 0.4) is 0 Å². The minimum absolute atomic E-state index is 0.525. The number of nitrogens with zero attached hydrogens (tertiary/aromatic N) is 4. The van der Waals surface area contributed by atoms with E-state index in [0.29, 0.717) is 5.92 Å². The van der Waals surface area contributed by atoms with Gasteiger partial charge >= 0.3 is 0 Å². The number of hydrogen-bond donors (Lipinski definition) is 0. The molecule has 2 heterocycles. The molecule has 0 unspecified atom stereocenters. The smallest absolute Gasteiger partial charge is 0.191 e. The van der Waals surface area contributed by atoms with Crippen LogP contribution in [0.25, 0.3) is 22.0 Å². The van der Waals surface area contributed by atoms with Gasteiger partial charge in [0.05, 0.1) is 5.69 Å². The SMILES string of the molecule is Cc1cccc(-c2nc(CSc3nnc(-c4ccc(C(C)C)cc4)n3C)cs2)c1. The predicted molar refractivity (Wildman–Crippen MR) is 122 cm³/mol. The van der Waals surface area contributed by atoms with E-state index in [1.54, 1.807) is 23.1 Å². The van der Waals surface area contributed by atoms with Gasteiger partial charge in [0.15, 0.2) is 11.0 Å². The van der Waals surface area contributed by atoms with Gasteiger partial charge in [-0.05, 0) is 24.5 Å². The van der Waals surface area contributed by atoms with Crippen molar-refractivity contribution in [3.05, 3.63) is 70.7 Å². The highest BCUT2D eigenvalue weighted by Gasteiger charge is 2.13. The molecule has 29 heavy (non-hydrogen) atoms. The average Bonchev–Trinajstić information content (AvgIpc) is 3.33. The van der Waals surface area contributed by atoms with Gasteiger partial charge in [0.25, 0.3) is 0 Å². The first kappa shape index (κ1) is 19.9. The lowest BCUT2D eigenvalue weighted by Gasteiger charge is -2.07. The van der Waals surface area contributed by atoms with Crippen LogP contribution in [0.2, 0.25) is 0 Å². The van der Waals surface area contributed by atoms with Crippen LogP contribution in [0, 0.1) is 6.92 Å². The van der Waals surface area contributed by atoms with Gasteiger partial charge in [-0.25, -0.2) is 4.98 Å². The standard InChI is InChI=1S/C23H24N4S2/c1-15(2)17-8-10-18(11-9-17)21-25-26-23(27(21)4)29-14-20-13-28-22(24-20)19-7-5-6-16(3)12-19/h5-13,15H,14H2,1-4H3. The van der Waals surface area contributed by atoms with E-state index < -0.39 is 0 Å². The summed E-state index contributed by atoms with van der Waals surface area (Å²) < 4.78 is 2.06. The summed E-state index contributed by atoms with van der Waals surface area (Å²) in [6.45, 7) is 6.51. The molecule has 4 aromatic rings. The molecule has 2 aromatic carbocycles. The Labute approximate surface area is 180 Å². The summed E-state index contributed by atoms with van der Waals surface area (Å²) in [6.07, 6.45) is 0. The van der Waals surface area contributed by atoms with Gasteiger partial charge in [0.1, 0.15) is 5.01 Å². The summed E-state index contributed by atoms with van der Waals surface area (Å²) in [4.78, 5) is 4.80. The van der Waals surface area contributed by atoms with E-state index in [1.165, 1.54) is 16.7 Å². The highest BCUT2D eigenvalue weighted by molar-refractivity contribution is 7.98. The molecule has 0 radical (unpaired) electrons. The molecule has 0 spiro atoms. The summed E-state index contributed by atoms with van der Waals surface area (Å²) in [5, 5.41) is 12.9. The van der Waals surface area contributed by atoms with E-state index >= 15 is 0 Å². The van der Waals surface area contributed by atoms with E-state index in [9.17, 15) is 0 Å². The maximum atomic E-state index is 4.80. The van der Waals surface area contributed by atoms with E-state index in [2.05, 4.69) is 89.4 Å². The second-order valence-electron chi connectivity index (χ2n) is 7.44. The Kier molecular flexibility index (Phi) is 5.83. The Morgan fingerprint density at radius 1 is 1.03 bits per heavy atom. The zero-order chi connectivity index (χ0) is 20.4. The maximum absolute atomic E-state index is 4.80. The Morgan fingerprint density at radius 2 is 1.83 bits per heavy atom. The molecule has 0 aliphatic rings. The van der Waals surface area contributed by atoms with Gasteiger partial charge in [0.2, 0.25) is 0 Å². The van der Waals surface area contributed by atoms with Crippen molar-refractivity contribution in [3.8, 4) is 22.0 Å². The molecule has 2 aromatic heterocycles.